The average molecular weight is 185 g/mol. The first kappa shape index (κ1) is 8.97. The van der Waals surface area contributed by atoms with Crippen molar-refractivity contribution in [2.45, 2.75) is 0 Å². The van der Waals surface area contributed by atoms with Crippen LogP contribution in [0.25, 0.3) is 0 Å². The minimum absolute atomic E-state index is 0.0342. The molecule has 1 heterocycles. The highest BCUT2D eigenvalue weighted by Gasteiger charge is 2.13. The predicted octanol–water partition coefficient (Wildman–Crippen LogP) is -1.28. The molecule has 0 atom stereocenters. The highest BCUT2D eigenvalue weighted by atomic mass is 16.6. The molecule has 0 bridgehead atoms. The fourth-order valence-electron chi connectivity index (χ4n) is 0.529. The summed E-state index contributed by atoms with van der Waals surface area (Å²) in [4.78, 5) is 21.6. The molecule has 0 aliphatic rings. The third-order valence-corrected chi connectivity index (χ3v) is 1.19. The van der Waals surface area contributed by atoms with Gasteiger partial charge in [-0.15, -0.1) is 0 Å². The molecule has 0 unspecified atom stereocenters. The summed E-state index contributed by atoms with van der Waals surface area (Å²) in [6.45, 7) is 0. The summed E-state index contributed by atoms with van der Waals surface area (Å²) in [5, 5.41) is 7.28. The highest BCUT2D eigenvalue weighted by Crippen LogP contribution is 1.90. The molecule has 1 rings (SSSR count). The van der Waals surface area contributed by atoms with Gasteiger partial charge in [0.05, 0.1) is 0 Å². The number of nitrogens with two attached hydrogens (primary N) is 1. The number of urea groups is 1. The summed E-state index contributed by atoms with van der Waals surface area (Å²) >= 11 is 0. The van der Waals surface area contributed by atoms with Crippen molar-refractivity contribution in [1.82, 2.24) is 20.7 Å². The van der Waals surface area contributed by atoms with E-state index < -0.39 is 11.9 Å². The van der Waals surface area contributed by atoms with E-state index in [1.807, 2.05) is 0 Å². The zero-order chi connectivity index (χ0) is 9.84. The molecule has 0 fully saturated rings. The van der Waals surface area contributed by atoms with E-state index in [0.717, 1.165) is 11.2 Å². The molecule has 0 saturated carbocycles. The third kappa shape index (κ3) is 2.15. The fraction of sp³-hybridized carbons (Fsp3) is 0.200. The van der Waals surface area contributed by atoms with Crippen molar-refractivity contribution < 1.29 is 14.2 Å². The minimum Gasteiger partial charge on any atom is -0.350 e. The van der Waals surface area contributed by atoms with Crippen molar-refractivity contribution in [3.05, 3.63) is 11.9 Å². The van der Waals surface area contributed by atoms with Crippen LogP contribution < -0.4 is 11.2 Å². The molecule has 8 heteroatoms. The van der Waals surface area contributed by atoms with E-state index in [0.29, 0.717) is 0 Å². The van der Waals surface area contributed by atoms with Crippen LogP contribution in [0.4, 0.5) is 4.79 Å². The van der Waals surface area contributed by atoms with Crippen molar-refractivity contribution in [3.8, 4) is 0 Å². The Bertz CT molecular complexity index is 308. The summed E-state index contributed by atoms with van der Waals surface area (Å²) in [6.07, 6.45) is 1.12. The number of hydrazine groups is 1. The Morgan fingerprint density at radius 2 is 2.38 bits per heavy atom. The summed E-state index contributed by atoms with van der Waals surface area (Å²) in [5.41, 5.74) is 6.96. The number of aromatic nitrogens is 2. The Hall–Kier alpha value is -2.12. The summed E-state index contributed by atoms with van der Waals surface area (Å²) in [7, 11) is 1.30. The van der Waals surface area contributed by atoms with Crippen LogP contribution in [0.15, 0.2) is 10.8 Å². The van der Waals surface area contributed by atoms with Gasteiger partial charge in [0.1, 0.15) is 6.20 Å². The number of primary amides is 1. The number of rotatable bonds is 1. The van der Waals surface area contributed by atoms with Gasteiger partial charge < -0.3 is 5.73 Å². The lowest BCUT2D eigenvalue weighted by atomic mass is 10.5. The Morgan fingerprint density at radius 3 is 2.85 bits per heavy atom. The number of carbonyl (C=O) groups excluding carboxylic acids is 2. The third-order valence-electron chi connectivity index (χ3n) is 1.19. The summed E-state index contributed by atoms with van der Waals surface area (Å²) in [6, 6.07) is -0.787. The molecule has 0 saturated heterocycles. The number of nitrogens with zero attached hydrogens (tertiary/aromatic N) is 3. The number of nitrogens with one attached hydrogen (secondary N) is 1. The Morgan fingerprint density at radius 1 is 1.69 bits per heavy atom. The van der Waals surface area contributed by atoms with E-state index in [-0.39, 0.29) is 5.69 Å². The maximum Gasteiger partial charge on any atom is 0.333 e. The molecule has 13 heavy (non-hydrogen) atoms. The molecule has 1 aromatic rings. The van der Waals surface area contributed by atoms with Crippen molar-refractivity contribution >= 4 is 11.9 Å². The van der Waals surface area contributed by atoms with E-state index in [9.17, 15) is 9.59 Å². The minimum atomic E-state index is -0.787. The first-order valence-corrected chi connectivity index (χ1v) is 3.23. The van der Waals surface area contributed by atoms with Gasteiger partial charge in [-0.05, 0) is 5.16 Å². The van der Waals surface area contributed by atoms with Gasteiger partial charge in [-0.3, -0.25) is 10.2 Å². The molecule has 0 spiro atoms. The van der Waals surface area contributed by atoms with Crippen LogP contribution in [0.1, 0.15) is 10.5 Å². The lowest BCUT2D eigenvalue weighted by Gasteiger charge is -2.13. The first-order chi connectivity index (χ1) is 6.11. The second-order valence-corrected chi connectivity index (χ2v) is 2.13. The van der Waals surface area contributed by atoms with Crippen LogP contribution in [0.3, 0.4) is 0 Å². The second kappa shape index (κ2) is 3.52. The Labute approximate surface area is 72.6 Å². The molecule has 0 aromatic carbocycles. The normalized spacial score (nSPS) is 9.31. The van der Waals surface area contributed by atoms with Crippen LogP contribution in [0, 0.1) is 0 Å². The van der Waals surface area contributed by atoms with Gasteiger partial charge in [0.15, 0.2) is 5.69 Å². The van der Waals surface area contributed by atoms with Crippen LogP contribution in [-0.4, -0.2) is 34.3 Å². The zero-order valence-electron chi connectivity index (χ0n) is 6.72. The standard InChI is InChI=1S/C5H7N5O3/c1-10(5(6)12)8-4(11)3-2-7-13-9-3/h2H,1H3,(H2,6,12)(H,8,11). The number of hydrogen-bond acceptors (Lipinski definition) is 5. The lowest BCUT2D eigenvalue weighted by molar-refractivity contribution is 0.0849. The smallest absolute Gasteiger partial charge is 0.333 e. The molecular weight excluding hydrogens is 178 g/mol. The number of hydrogen-bond donors (Lipinski definition) is 2. The molecule has 8 nitrogen and oxygen atoms in total. The Kier molecular flexibility index (Phi) is 2.43. The first-order valence-electron chi connectivity index (χ1n) is 3.23. The van der Waals surface area contributed by atoms with E-state index in [2.05, 4.69) is 20.4 Å². The number of amides is 3. The maximum atomic E-state index is 11.1. The Balaban J connectivity index is 2.56. The van der Waals surface area contributed by atoms with Crippen molar-refractivity contribution in [2.24, 2.45) is 5.73 Å². The number of carbonyl (C=O) groups is 2. The van der Waals surface area contributed by atoms with Gasteiger partial charge in [0, 0.05) is 7.05 Å². The van der Waals surface area contributed by atoms with Crippen LogP contribution >= 0.6 is 0 Å². The zero-order valence-corrected chi connectivity index (χ0v) is 6.72. The van der Waals surface area contributed by atoms with Crippen molar-refractivity contribution in [3.63, 3.8) is 0 Å². The second-order valence-electron chi connectivity index (χ2n) is 2.13. The lowest BCUT2D eigenvalue weighted by Crippen LogP contribution is -2.46. The highest BCUT2D eigenvalue weighted by molar-refractivity contribution is 5.92. The SMILES string of the molecule is CN(NC(=O)c1cnon1)C(N)=O. The van der Waals surface area contributed by atoms with Crippen LogP contribution in [-0.2, 0) is 0 Å². The fourth-order valence-corrected chi connectivity index (χ4v) is 0.529. The van der Waals surface area contributed by atoms with Gasteiger partial charge in [0.25, 0.3) is 5.91 Å². The summed E-state index contributed by atoms with van der Waals surface area (Å²) in [5.74, 6) is -0.623. The van der Waals surface area contributed by atoms with E-state index >= 15 is 0 Å². The van der Waals surface area contributed by atoms with E-state index in [4.69, 9.17) is 5.73 Å². The van der Waals surface area contributed by atoms with Crippen LogP contribution in [0.2, 0.25) is 0 Å². The van der Waals surface area contributed by atoms with Crippen molar-refractivity contribution in [1.29, 1.82) is 0 Å². The summed E-state index contributed by atoms with van der Waals surface area (Å²) < 4.78 is 4.18. The monoisotopic (exact) mass is 185 g/mol. The molecule has 70 valence electrons. The average Bonchev–Trinajstić information content (AvgIpc) is 2.55. The van der Waals surface area contributed by atoms with Crippen LogP contribution in [0.5, 0.6) is 0 Å². The van der Waals surface area contributed by atoms with E-state index in [1.165, 1.54) is 7.05 Å². The molecular formula is C5H7N5O3. The molecule has 0 aliphatic heterocycles. The van der Waals surface area contributed by atoms with Gasteiger partial charge in [-0.25, -0.2) is 14.4 Å². The van der Waals surface area contributed by atoms with Gasteiger partial charge >= 0.3 is 6.03 Å². The van der Waals surface area contributed by atoms with Gasteiger partial charge in [-0.1, -0.05) is 5.16 Å². The van der Waals surface area contributed by atoms with Crippen molar-refractivity contribution in [2.75, 3.05) is 7.05 Å². The molecule has 3 amide bonds. The van der Waals surface area contributed by atoms with Gasteiger partial charge in [-0.2, -0.15) is 0 Å². The molecule has 3 N–H and O–H groups in total. The largest absolute Gasteiger partial charge is 0.350 e. The molecule has 1 aromatic heterocycles. The van der Waals surface area contributed by atoms with E-state index in [1.54, 1.807) is 0 Å². The van der Waals surface area contributed by atoms with Gasteiger partial charge in [0.2, 0.25) is 0 Å². The molecule has 0 radical (unpaired) electrons. The predicted molar refractivity (Wildman–Crippen MR) is 39.1 cm³/mol. The topological polar surface area (TPSA) is 114 Å². The molecule has 0 aliphatic carbocycles. The maximum absolute atomic E-state index is 11.1. The quantitative estimate of drug-likeness (QED) is 0.529.